The van der Waals surface area contributed by atoms with Crippen molar-refractivity contribution < 1.29 is 14.3 Å². The number of benzene rings is 1. The maximum atomic E-state index is 13.0. The Balaban J connectivity index is 1.60. The summed E-state index contributed by atoms with van der Waals surface area (Å²) in [5, 5.41) is 6.61. The van der Waals surface area contributed by atoms with E-state index in [0.717, 1.165) is 30.5 Å². The molecule has 0 spiro atoms. The summed E-state index contributed by atoms with van der Waals surface area (Å²) in [6, 6.07) is 8.63. The fourth-order valence-corrected chi connectivity index (χ4v) is 3.81. The van der Waals surface area contributed by atoms with Gasteiger partial charge in [0.25, 0.3) is 5.91 Å². The second-order valence-electron chi connectivity index (χ2n) is 7.57. The highest BCUT2D eigenvalue weighted by molar-refractivity contribution is 6.42. The molecule has 30 heavy (non-hydrogen) atoms. The smallest absolute Gasteiger partial charge is 0.258 e. The molecule has 0 bridgehead atoms. The first-order chi connectivity index (χ1) is 14.4. The summed E-state index contributed by atoms with van der Waals surface area (Å²) < 4.78 is 5.51. The van der Waals surface area contributed by atoms with Crippen molar-refractivity contribution in [3.8, 4) is 5.75 Å². The Morgan fingerprint density at radius 3 is 2.53 bits per heavy atom. The summed E-state index contributed by atoms with van der Waals surface area (Å²) in [6.45, 7) is 2.06. The van der Waals surface area contributed by atoms with Crippen LogP contribution in [0, 0.1) is 6.92 Å². The molecule has 6 nitrogen and oxygen atoms in total. The number of carbonyl (C=O) groups is 2. The van der Waals surface area contributed by atoms with Crippen molar-refractivity contribution in [3.63, 3.8) is 0 Å². The van der Waals surface area contributed by atoms with Crippen molar-refractivity contribution in [1.82, 2.24) is 15.6 Å². The highest BCUT2D eigenvalue weighted by Crippen LogP contribution is 2.29. The number of nitrogens with one attached hydrogen (secondary N) is 2. The Labute approximate surface area is 186 Å². The minimum Gasteiger partial charge on any atom is -0.484 e. The van der Waals surface area contributed by atoms with Gasteiger partial charge in [0.1, 0.15) is 11.3 Å². The first-order valence-electron chi connectivity index (χ1n) is 9.97. The molecule has 1 saturated carbocycles. The molecule has 1 heterocycles. The number of hydrogen-bond acceptors (Lipinski definition) is 4. The first kappa shape index (κ1) is 22.4. The molecule has 0 unspecified atom stereocenters. The van der Waals surface area contributed by atoms with Crippen molar-refractivity contribution in [3.05, 3.63) is 57.8 Å². The van der Waals surface area contributed by atoms with Crippen molar-refractivity contribution in [2.45, 2.75) is 51.1 Å². The van der Waals surface area contributed by atoms with Gasteiger partial charge in [0.15, 0.2) is 6.61 Å². The standard InChI is InChI=1S/C22H25Cl2N3O3/c1-15-5-6-16(25-12-15)13-26-21(29)22(9-3-2-4-10-22)27-20(28)14-30-17-7-8-18(23)19(24)11-17/h5-8,11-12H,2-4,9-10,13-14H2,1H3,(H,26,29)(H,27,28). The van der Waals surface area contributed by atoms with E-state index in [-0.39, 0.29) is 18.4 Å². The summed E-state index contributed by atoms with van der Waals surface area (Å²) in [7, 11) is 0. The Morgan fingerprint density at radius 2 is 1.87 bits per heavy atom. The number of aryl methyl sites for hydroxylation is 1. The third kappa shape index (κ3) is 5.86. The first-order valence-corrected chi connectivity index (χ1v) is 10.7. The van der Waals surface area contributed by atoms with Gasteiger partial charge in [0, 0.05) is 12.3 Å². The summed E-state index contributed by atoms with van der Waals surface area (Å²) in [5.41, 5.74) is 0.901. The molecule has 1 aliphatic rings. The molecular formula is C22H25Cl2N3O3. The third-order valence-corrected chi connectivity index (χ3v) is 5.92. The third-order valence-electron chi connectivity index (χ3n) is 5.18. The van der Waals surface area contributed by atoms with Gasteiger partial charge in [0.05, 0.1) is 22.3 Å². The van der Waals surface area contributed by atoms with E-state index in [9.17, 15) is 9.59 Å². The summed E-state index contributed by atoms with van der Waals surface area (Å²) in [6.07, 6.45) is 5.76. The fraction of sp³-hybridized carbons (Fsp3) is 0.409. The van der Waals surface area contributed by atoms with Gasteiger partial charge >= 0.3 is 0 Å². The molecule has 8 heteroatoms. The largest absolute Gasteiger partial charge is 0.484 e. The quantitative estimate of drug-likeness (QED) is 0.663. The molecule has 2 aromatic rings. The average Bonchev–Trinajstić information content (AvgIpc) is 2.74. The van der Waals surface area contributed by atoms with Crippen LogP contribution in [0.15, 0.2) is 36.5 Å². The van der Waals surface area contributed by atoms with Crippen LogP contribution in [0.3, 0.4) is 0 Å². The predicted octanol–water partition coefficient (Wildman–Crippen LogP) is 4.21. The lowest BCUT2D eigenvalue weighted by Crippen LogP contribution is -2.60. The normalized spacial score (nSPS) is 15.3. The Hall–Kier alpha value is -2.31. The van der Waals surface area contributed by atoms with E-state index in [0.29, 0.717) is 35.2 Å². The molecule has 0 radical (unpaired) electrons. The highest BCUT2D eigenvalue weighted by Gasteiger charge is 2.40. The summed E-state index contributed by atoms with van der Waals surface area (Å²) in [5.74, 6) is -0.105. The highest BCUT2D eigenvalue weighted by atomic mass is 35.5. The molecule has 3 rings (SSSR count). The minimum atomic E-state index is -0.930. The van der Waals surface area contributed by atoms with Crippen LogP contribution in [0.5, 0.6) is 5.75 Å². The molecule has 160 valence electrons. The second kappa shape index (κ2) is 10.1. The predicted molar refractivity (Wildman–Crippen MR) is 117 cm³/mol. The molecule has 0 atom stereocenters. The van der Waals surface area contributed by atoms with E-state index in [1.165, 1.54) is 0 Å². The molecule has 0 aliphatic heterocycles. The SMILES string of the molecule is Cc1ccc(CNC(=O)C2(NC(=O)COc3ccc(Cl)c(Cl)c3)CCCCC2)nc1. The molecule has 0 saturated heterocycles. The molecule has 1 fully saturated rings. The monoisotopic (exact) mass is 449 g/mol. The number of ether oxygens (including phenoxy) is 1. The van der Waals surface area contributed by atoms with Gasteiger partial charge in [-0.05, 0) is 43.5 Å². The van der Waals surface area contributed by atoms with Crippen molar-refractivity contribution in [2.24, 2.45) is 0 Å². The van der Waals surface area contributed by atoms with Crippen LogP contribution in [-0.4, -0.2) is 28.9 Å². The van der Waals surface area contributed by atoms with Crippen molar-refractivity contribution in [2.75, 3.05) is 6.61 Å². The zero-order chi connectivity index (χ0) is 21.6. The summed E-state index contributed by atoms with van der Waals surface area (Å²) >= 11 is 11.9. The lowest BCUT2D eigenvalue weighted by atomic mass is 9.80. The van der Waals surface area contributed by atoms with Crippen LogP contribution >= 0.6 is 23.2 Å². The Kier molecular flexibility index (Phi) is 7.56. The van der Waals surface area contributed by atoms with Gasteiger partial charge in [-0.2, -0.15) is 0 Å². The number of nitrogens with zero attached hydrogens (tertiary/aromatic N) is 1. The number of pyridine rings is 1. The van der Waals surface area contributed by atoms with Crippen LogP contribution in [0.2, 0.25) is 10.0 Å². The number of halogens is 2. The van der Waals surface area contributed by atoms with E-state index in [1.54, 1.807) is 24.4 Å². The number of rotatable bonds is 7. The minimum absolute atomic E-state index is 0.188. The number of amides is 2. The number of hydrogen-bond donors (Lipinski definition) is 2. The number of carbonyl (C=O) groups excluding carboxylic acids is 2. The lowest BCUT2D eigenvalue weighted by molar-refractivity contribution is -0.136. The summed E-state index contributed by atoms with van der Waals surface area (Å²) in [4.78, 5) is 29.9. The fourth-order valence-electron chi connectivity index (χ4n) is 3.53. The van der Waals surface area contributed by atoms with E-state index < -0.39 is 5.54 Å². The molecule has 2 N–H and O–H groups in total. The van der Waals surface area contributed by atoms with Crippen LogP contribution in [-0.2, 0) is 16.1 Å². The van der Waals surface area contributed by atoms with Crippen LogP contribution in [0.1, 0.15) is 43.4 Å². The molecule has 2 amide bonds. The number of aromatic nitrogens is 1. The van der Waals surface area contributed by atoms with Gasteiger partial charge in [0.2, 0.25) is 5.91 Å². The van der Waals surface area contributed by atoms with Crippen LogP contribution in [0.25, 0.3) is 0 Å². The van der Waals surface area contributed by atoms with Gasteiger partial charge < -0.3 is 15.4 Å². The Bertz CT molecular complexity index is 897. The van der Waals surface area contributed by atoms with Crippen molar-refractivity contribution >= 4 is 35.0 Å². The molecular weight excluding hydrogens is 425 g/mol. The maximum Gasteiger partial charge on any atom is 0.258 e. The average molecular weight is 450 g/mol. The zero-order valence-corrected chi connectivity index (χ0v) is 18.4. The molecule has 1 aromatic carbocycles. The van der Waals surface area contributed by atoms with E-state index in [2.05, 4.69) is 15.6 Å². The van der Waals surface area contributed by atoms with Gasteiger partial charge in [-0.25, -0.2) is 0 Å². The van der Waals surface area contributed by atoms with Crippen molar-refractivity contribution in [1.29, 1.82) is 0 Å². The van der Waals surface area contributed by atoms with Crippen LogP contribution < -0.4 is 15.4 Å². The second-order valence-corrected chi connectivity index (χ2v) is 8.38. The van der Waals surface area contributed by atoms with Gasteiger partial charge in [-0.1, -0.05) is 48.5 Å². The van der Waals surface area contributed by atoms with Gasteiger partial charge in [-0.15, -0.1) is 0 Å². The van der Waals surface area contributed by atoms with E-state index in [4.69, 9.17) is 27.9 Å². The maximum absolute atomic E-state index is 13.0. The van der Waals surface area contributed by atoms with E-state index >= 15 is 0 Å². The van der Waals surface area contributed by atoms with Crippen LogP contribution in [0.4, 0.5) is 0 Å². The van der Waals surface area contributed by atoms with Gasteiger partial charge in [-0.3, -0.25) is 14.6 Å². The Morgan fingerprint density at radius 1 is 1.10 bits per heavy atom. The lowest BCUT2D eigenvalue weighted by Gasteiger charge is -2.36. The topological polar surface area (TPSA) is 80.3 Å². The molecule has 1 aliphatic carbocycles. The molecule has 1 aromatic heterocycles. The zero-order valence-electron chi connectivity index (χ0n) is 16.8. The van der Waals surface area contributed by atoms with E-state index in [1.807, 2.05) is 19.1 Å².